The normalized spacial score (nSPS) is 16.5. The van der Waals surface area contributed by atoms with Crippen LogP contribution in [0.1, 0.15) is 49.4 Å². The number of carbonyl (C=O) groups is 2. The highest BCUT2D eigenvalue weighted by molar-refractivity contribution is 5.98. The summed E-state index contributed by atoms with van der Waals surface area (Å²) in [5.74, 6) is -1.43. The molecular formula is C18H22N4O5. The number of benzene rings is 1. The molecule has 0 aliphatic heterocycles. The number of non-ortho nitro benzene ring substituents is 1. The van der Waals surface area contributed by atoms with Crippen LogP contribution in [0.25, 0.3) is 0 Å². The second kappa shape index (κ2) is 8.49. The maximum Gasteiger partial charge on any atom is 0.341 e. The van der Waals surface area contributed by atoms with Gasteiger partial charge in [0.1, 0.15) is 5.54 Å². The highest BCUT2D eigenvalue weighted by Crippen LogP contribution is 2.28. The van der Waals surface area contributed by atoms with Gasteiger partial charge in [0.05, 0.1) is 16.6 Å². The summed E-state index contributed by atoms with van der Waals surface area (Å²) in [6, 6.07) is 5.92. The molecule has 1 fully saturated rings. The predicted octanol–water partition coefficient (Wildman–Crippen LogP) is 2.52. The number of hydrogen-bond donors (Lipinski definition) is 2. The first kappa shape index (κ1) is 20.2. The number of esters is 1. The summed E-state index contributed by atoms with van der Waals surface area (Å²) in [5.41, 5.74) is -0.890. The SMILES string of the molecule is CNc1ccc([N+](=O)[O-])cc1C(=O)O[C@H](C)C(=O)NC1(C#N)CCCCC1. The first-order valence-electron chi connectivity index (χ1n) is 8.72. The molecule has 1 aliphatic rings. The second-order valence-electron chi connectivity index (χ2n) is 6.53. The third-order valence-corrected chi connectivity index (χ3v) is 4.64. The van der Waals surface area contributed by atoms with E-state index in [1.54, 1.807) is 7.05 Å². The number of nitrogens with zero attached hydrogens (tertiary/aromatic N) is 2. The molecule has 9 nitrogen and oxygen atoms in total. The minimum absolute atomic E-state index is 0.0426. The van der Waals surface area contributed by atoms with E-state index in [9.17, 15) is 25.0 Å². The van der Waals surface area contributed by atoms with Crippen molar-refractivity contribution in [1.82, 2.24) is 5.32 Å². The zero-order chi connectivity index (χ0) is 20.0. The number of nitriles is 1. The molecule has 0 heterocycles. The van der Waals surface area contributed by atoms with Crippen molar-refractivity contribution in [2.45, 2.75) is 50.7 Å². The molecule has 1 amide bonds. The van der Waals surface area contributed by atoms with Gasteiger partial charge in [0.25, 0.3) is 11.6 Å². The van der Waals surface area contributed by atoms with Gasteiger partial charge in [-0.05, 0) is 25.8 Å². The summed E-state index contributed by atoms with van der Waals surface area (Å²) >= 11 is 0. The van der Waals surface area contributed by atoms with Gasteiger partial charge in [0.15, 0.2) is 6.10 Å². The maximum absolute atomic E-state index is 12.4. The van der Waals surface area contributed by atoms with Crippen LogP contribution in [0, 0.1) is 21.4 Å². The molecule has 1 aliphatic carbocycles. The van der Waals surface area contributed by atoms with E-state index >= 15 is 0 Å². The van der Waals surface area contributed by atoms with Gasteiger partial charge < -0.3 is 15.4 Å². The number of nitro groups is 1. The fourth-order valence-electron chi connectivity index (χ4n) is 3.07. The summed E-state index contributed by atoms with van der Waals surface area (Å²) in [7, 11) is 1.56. The van der Waals surface area contributed by atoms with Crippen LogP contribution in [0.5, 0.6) is 0 Å². The molecule has 0 radical (unpaired) electrons. The van der Waals surface area contributed by atoms with Gasteiger partial charge in [-0.25, -0.2) is 4.79 Å². The van der Waals surface area contributed by atoms with E-state index in [0.29, 0.717) is 18.5 Å². The van der Waals surface area contributed by atoms with Crippen molar-refractivity contribution in [2.75, 3.05) is 12.4 Å². The van der Waals surface area contributed by atoms with E-state index in [-0.39, 0.29) is 11.3 Å². The quantitative estimate of drug-likeness (QED) is 0.444. The van der Waals surface area contributed by atoms with Gasteiger partial charge in [-0.15, -0.1) is 0 Å². The lowest BCUT2D eigenvalue weighted by Gasteiger charge is -2.32. The average Bonchev–Trinajstić information content (AvgIpc) is 2.67. The maximum atomic E-state index is 12.4. The molecular weight excluding hydrogens is 352 g/mol. The number of hydrogen-bond acceptors (Lipinski definition) is 7. The van der Waals surface area contributed by atoms with E-state index in [4.69, 9.17) is 4.74 Å². The van der Waals surface area contributed by atoms with Crippen LogP contribution in [-0.4, -0.2) is 35.5 Å². The molecule has 1 atom stereocenters. The molecule has 1 saturated carbocycles. The first-order chi connectivity index (χ1) is 12.8. The van der Waals surface area contributed by atoms with Gasteiger partial charge in [-0.2, -0.15) is 5.26 Å². The molecule has 1 aromatic carbocycles. The fraction of sp³-hybridized carbons (Fsp3) is 0.500. The fourth-order valence-corrected chi connectivity index (χ4v) is 3.07. The van der Waals surface area contributed by atoms with Crippen LogP contribution in [0.4, 0.5) is 11.4 Å². The molecule has 144 valence electrons. The number of ether oxygens (including phenoxy) is 1. The molecule has 0 spiro atoms. The Morgan fingerprint density at radius 2 is 2.00 bits per heavy atom. The van der Waals surface area contributed by atoms with Gasteiger partial charge in [-0.3, -0.25) is 14.9 Å². The lowest BCUT2D eigenvalue weighted by Crippen LogP contribution is -2.52. The number of anilines is 1. The zero-order valence-electron chi connectivity index (χ0n) is 15.3. The summed E-state index contributed by atoms with van der Waals surface area (Å²) in [6.45, 7) is 1.40. The van der Waals surface area contributed by atoms with Crippen molar-refractivity contribution in [3.63, 3.8) is 0 Å². The van der Waals surface area contributed by atoms with Crippen LogP contribution in [0.15, 0.2) is 18.2 Å². The molecule has 0 unspecified atom stereocenters. The van der Waals surface area contributed by atoms with Crippen molar-refractivity contribution in [1.29, 1.82) is 5.26 Å². The lowest BCUT2D eigenvalue weighted by atomic mass is 9.83. The molecule has 2 rings (SSSR count). The van der Waals surface area contributed by atoms with E-state index in [1.807, 2.05) is 0 Å². The van der Waals surface area contributed by atoms with Crippen molar-refractivity contribution in [2.24, 2.45) is 0 Å². The summed E-state index contributed by atoms with van der Waals surface area (Å²) in [6.07, 6.45) is 2.69. The number of rotatable bonds is 6. The van der Waals surface area contributed by atoms with Crippen LogP contribution in [0.2, 0.25) is 0 Å². The number of nitro benzene ring substituents is 1. The van der Waals surface area contributed by atoms with Gasteiger partial charge in [0, 0.05) is 24.9 Å². The van der Waals surface area contributed by atoms with Crippen LogP contribution in [-0.2, 0) is 9.53 Å². The molecule has 0 bridgehead atoms. The van der Waals surface area contributed by atoms with E-state index in [2.05, 4.69) is 16.7 Å². The minimum atomic E-state index is -1.14. The van der Waals surface area contributed by atoms with Gasteiger partial charge in [-0.1, -0.05) is 19.3 Å². The Labute approximate surface area is 156 Å². The average molecular weight is 374 g/mol. The van der Waals surface area contributed by atoms with Crippen molar-refractivity contribution in [3.8, 4) is 6.07 Å². The van der Waals surface area contributed by atoms with Gasteiger partial charge in [0.2, 0.25) is 0 Å². The Balaban J connectivity index is 2.10. The first-order valence-corrected chi connectivity index (χ1v) is 8.72. The highest BCUT2D eigenvalue weighted by atomic mass is 16.6. The van der Waals surface area contributed by atoms with Crippen LogP contribution < -0.4 is 10.6 Å². The lowest BCUT2D eigenvalue weighted by molar-refractivity contribution is -0.384. The topological polar surface area (TPSA) is 134 Å². The van der Waals surface area contributed by atoms with E-state index in [1.165, 1.54) is 19.1 Å². The molecule has 2 N–H and O–H groups in total. The minimum Gasteiger partial charge on any atom is -0.449 e. The number of carbonyl (C=O) groups excluding carboxylic acids is 2. The molecule has 27 heavy (non-hydrogen) atoms. The van der Waals surface area contributed by atoms with E-state index < -0.39 is 28.4 Å². The summed E-state index contributed by atoms with van der Waals surface area (Å²) < 4.78 is 5.18. The van der Waals surface area contributed by atoms with Crippen LogP contribution in [0.3, 0.4) is 0 Å². The standard InChI is InChI=1S/C18H22N4O5/c1-12(16(23)21-18(11-19)8-4-3-5-9-18)27-17(24)14-10-13(22(25)26)6-7-15(14)20-2/h6-7,10,12,20H,3-5,8-9H2,1-2H3,(H,21,23)/t12-/m1/s1. The Kier molecular flexibility index (Phi) is 6.34. The van der Waals surface area contributed by atoms with E-state index in [0.717, 1.165) is 25.3 Å². The third-order valence-electron chi connectivity index (χ3n) is 4.64. The molecule has 9 heteroatoms. The Morgan fingerprint density at radius 1 is 1.33 bits per heavy atom. The number of amides is 1. The van der Waals surface area contributed by atoms with Crippen molar-refractivity contribution in [3.05, 3.63) is 33.9 Å². The largest absolute Gasteiger partial charge is 0.449 e. The second-order valence-corrected chi connectivity index (χ2v) is 6.53. The van der Waals surface area contributed by atoms with Crippen LogP contribution >= 0.6 is 0 Å². The Bertz CT molecular complexity index is 780. The van der Waals surface area contributed by atoms with Gasteiger partial charge >= 0.3 is 5.97 Å². The monoisotopic (exact) mass is 374 g/mol. The Morgan fingerprint density at radius 3 is 2.56 bits per heavy atom. The number of nitrogens with one attached hydrogen (secondary N) is 2. The smallest absolute Gasteiger partial charge is 0.341 e. The zero-order valence-corrected chi connectivity index (χ0v) is 15.3. The van der Waals surface area contributed by atoms with Crippen molar-refractivity contribution >= 4 is 23.3 Å². The summed E-state index contributed by atoms with van der Waals surface area (Å²) in [4.78, 5) is 35.1. The molecule has 0 aromatic heterocycles. The Hall–Kier alpha value is -3.15. The molecule has 0 saturated heterocycles. The summed E-state index contributed by atoms with van der Waals surface area (Å²) in [5, 5.41) is 25.8. The molecule has 1 aromatic rings. The van der Waals surface area contributed by atoms with Crippen molar-refractivity contribution < 1.29 is 19.2 Å². The highest BCUT2D eigenvalue weighted by Gasteiger charge is 2.35. The third kappa shape index (κ3) is 4.73. The predicted molar refractivity (Wildman–Crippen MR) is 97.1 cm³/mol.